The molecule has 2 heterocycles. The van der Waals surface area contributed by atoms with E-state index in [2.05, 4.69) is 10.3 Å². The minimum atomic E-state index is -0.253. The summed E-state index contributed by atoms with van der Waals surface area (Å²) in [5.41, 5.74) is 3.43. The Balaban J connectivity index is 1.94. The van der Waals surface area contributed by atoms with Crippen LogP contribution in [0.5, 0.6) is 0 Å². The number of carbonyl (C=O) groups excluding carboxylic acids is 1. The van der Waals surface area contributed by atoms with Gasteiger partial charge in [0.25, 0.3) is 5.91 Å². The van der Waals surface area contributed by atoms with Crippen LogP contribution in [0.25, 0.3) is 11.0 Å². The Morgan fingerprint density at radius 2 is 2.18 bits per heavy atom. The molecule has 0 saturated heterocycles. The van der Waals surface area contributed by atoms with E-state index < -0.39 is 0 Å². The number of nitriles is 1. The fourth-order valence-electron chi connectivity index (χ4n) is 2.39. The van der Waals surface area contributed by atoms with Crippen molar-refractivity contribution in [2.45, 2.75) is 6.92 Å². The molecule has 1 N–H and O–H groups in total. The Labute approximate surface area is 127 Å². The summed E-state index contributed by atoms with van der Waals surface area (Å²) >= 11 is 0. The molecule has 22 heavy (non-hydrogen) atoms. The number of anilines is 1. The van der Waals surface area contributed by atoms with E-state index in [-0.39, 0.29) is 5.91 Å². The van der Waals surface area contributed by atoms with E-state index in [0.29, 0.717) is 16.8 Å². The number of hydrogen-bond donors (Lipinski definition) is 1. The third-order valence-corrected chi connectivity index (χ3v) is 3.67. The SMILES string of the molecule is Cc1c(NC(=O)c2cccc(C#N)c2)cnc2c1ccn2C. The quantitative estimate of drug-likeness (QED) is 0.788. The van der Waals surface area contributed by atoms with Gasteiger partial charge in [-0.2, -0.15) is 5.26 Å². The molecule has 0 aliphatic rings. The molecule has 0 aliphatic heterocycles. The van der Waals surface area contributed by atoms with Crippen molar-refractivity contribution in [2.24, 2.45) is 7.05 Å². The van der Waals surface area contributed by atoms with Crippen LogP contribution in [0.15, 0.2) is 42.7 Å². The highest BCUT2D eigenvalue weighted by molar-refractivity contribution is 6.05. The lowest BCUT2D eigenvalue weighted by molar-refractivity contribution is 0.102. The maximum Gasteiger partial charge on any atom is 0.255 e. The van der Waals surface area contributed by atoms with E-state index in [4.69, 9.17) is 5.26 Å². The molecule has 0 spiro atoms. The highest BCUT2D eigenvalue weighted by atomic mass is 16.1. The Morgan fingerprint density at radius 1 is 1.36 bits per heavy atom. The molecule has 1 aromatic carbocycles. The van der Waals surface area contributed by atoms with Crippen LogP contribution < -0.4 is 5.32 Å². The summed E-state index contributed by atoms with van der Waals surface area (Å²) in [5.74, 6) is -0.253. The summed E-state index contributed by atoms with van der Waals surface area (Å²) < 4.78 is 1.93. The molecule has 0 unspecified atom stereocenters. The van der Waals surface area contributed by atoms with Crippen molar-refractivity contribution in [2.75, 3.05) is 5.32 Å². The van der Waals surface area contributed by atoms with Crippen molar-refractivity contribution >= 4 is 22.6 Å². The van der Waals surface area contributed by atoms with Gasteiger partial charge in [-0.1, -0.05) is 6.07 Å². The van der Waals surface area contributed by atoms with Gasteiger partial charge in [-0.05, 0) is 36.8 Å². The summed E-state index contributed by atoms with van der Waals surface area (Å²) in [6, 6.07) is 10.6. The van der Waals surface area contributed by atoms with E-state index in [9.17, 15) is 4.79 Å². The lowest BCUT2D eigenvalue weighted by Crippen LogP contribution is -2.13. The number of benzene rings is 1. The lowest BCUT2D eigenvalue weighted by atomic mass is 10.1. The number of aryl methyl sites for hydroxylation is 2. The van der Waals surface area contributed by atoms with Gasteiger partial charge in [0.05, 0.1) is 23.5 Å². The Morgan fingerprint density at radius 3 is 2.95 bits per heavy atom. The molecule has 5 heteroatoms. The average molecular weight is 290 g/mol. The Hall–Kier alpha value is -3.13. The molecule has 0 aliphatic carbocycles. The van der Waals surface area contributed by atoms with Gasteiger partial charge in [-0.25, -0.2) is 4.98 Å². The van der Waals surface area contributed by atoms with Crippen molar-refractivity contribution in [3.8, 4) is 6.07 Å². The lowest BCUT2D eigenvalue weighted by Gasteiger charge is -2.09. The molecule has 2 aromatic heterocycles. The van der Waals surface area contributed by atoms with Crippen molar-refractivity contribution in [3.63, 3.8) is 0 Å². The molecule has 3 rings (SSSR count). The average Bonchev–Trinajstić information content (AvgIpc) is 2.92. The number of nitrogens with zero attached hydrogens (tertiary/aromatic N) is 3. The van der Waals surface area contributed by atoms with Crippen LogP contribution in [-0.4, -0.2) is 15.5 Å². The van der Waals surface area contributed by atoms with E-state index in [1.807, 2.05) is 36.9 Å². The largest absolute Gasteiger partial charge is 0.336 e. The first-order chi connectivity index (χ1) is 10.6. The highest BCUT2D eigenvalue weighted by Gasteiger charge is 2.12. The first-order valence-electron chi connectivity index (χ1n) is 6.82. The zero-order valence-corrected chi connectivity index (χ0v) is 12.3. The molecular formula is C17H14N4O. The maximum absolute atomic E-state index is 12.3. The van der Waals surface area contributed by atoms with Crippen molar-refractivity contribution in [3.05, 3.63) is 59.4 Å². The minimum absolute atomic E-state index is 0.253. The van der Waals surface area contributed by atoms with Gasteiger partial charge in [0.1, 0.15) is 5.65 Å². The summed E-state index contributed by atoms with van der Waals surface area (Å²) in [6.07, 6.45) is 3.59. The van der Waals surface area contributed by atoms with Crippen LogP contribution in [0.3, 0.4) is 0 Å². The third kappa shape index (κ3) is 2.31. The molecule has 0 atom stereocenters. The van der Waals surface area contributed by atoms with Crippen LogP contribution in [-0.2, 0) is 7.05 Å². The maximum atomic E-state index is 12.3. The normalized spacial score (nSPS) is 10.4. The van der Waals surface area contributed by atoms with Gasteiger partial charge < -0.3 is 9.88 Å². The van der Waals surface area contributed by atoms with E-state index in [1.165, 1.54) is 0 Å². The minimum Gasteiger partial charge on any atom is -0.336 e. The topological polar surface area (TPSA) is 70.7 Å². The smallest absolute Gasteiger partial charge is 0.255 e. The van der Waals surface area contributed by atoms with E-state index in [1.54, 1.807) is 30.5 Å². The predicted octanol–water partition coefficient (Wildman–Crippen LogP) is 3.01. The molecule has 5 nitrogen and oxygen atoms in total. The van der Waals surface area contributed by atoms with Crippen molar-refractivity contribution in [1.82, 2.24) is 9.55 Å². The second-order valence-corrected chi connectivity index (χ2v) is 5.11. The van der Waals surface area contributed by atoms with Crippen LogP contribution in [0.1, 0.15) is 21.5 Å². The van der Waals surface area contributed by atoms with Gasteiger partial charge in [0.2, 0.25) is 0 Å². The second-order valence-electron chi connectivity index (χ2n) is 5.11. The van der Waals surface area contributed by atoms with Gasteiger partial charge in [0.15, 0.2) is 0 Å². The summed E-state index contributed by atoms with van der Waals surface area (Å²) in [6.45, 7) is 1.95. The first kappa shape index (κ1) is 13.8. The van der Waals surface area contributed by atoms with Crippen molar-refractivity contribution < 1.29 is 4.79 Å². The number of amides is 1. The summed E-state index contributed by atoms with van der Waals surface area (Å²) in [5, 5.41) is 12.8. The fraction of sp³-hybridized carbons (Fsp3) is 0.118. The number of hydrogen-bond acceptors (Lipinski definition) is 3. The first-order valence-corrected chi connectivity index (χ1v) is 6.82. The Kier molecular flexibility index (Phi) is 3.36. The number of fused-ring (bicyclic) bond motifs is 1. The second kappa shape index (κ2) is 5.34. The number of nitrogens with one attached hydrogen (secondary N) is 1. The van der Waals surface area contributed by atoms with Crippen LogP contribution in [0.4, 0.5) is 5.69 Å². The molecule has 0 bridgehead atoms. The molecule has 0 radical (unpaired) electrons. The highest BCUT2D eigenvalue weighted by Crippen LogP contribution is 2.24. The number of rotatable bonds is 2. The molecule has 3 aromatic rings. The fourth-order valence-corrected chi connectivity index (χ4v) is 2.39. The Bertz CT molecular complexity index is 918. The monoisotopic (exact) mass is 290 g/mol. The van der Waals surface area contributed by atoms with Crippen LogP contribution >= 0.6 is 0 Å². The molecule has 108 valence electrons. The van der Waals surface area contributed by atoms with Gasteiger partial charge >= 0.3 is 0 Å². The van der Waals surface area contributed by atoms with Gasteiger partial charge in [-0.15, -0.1) is 0 Å². The van der Waals surface area contributed by atoms with E-state index in [0.717, 1.165) is 16.6 Å². The zero-order chi connectivity index (χ0) is 15.7. The predicted molar refractivity (Wildman–Crippen MR) is 84.6 cm³/mol. The number of carbonyl (C=O) groups is 1. The molecule has 0 saturated carbocycles. The number of pyridine rings is 1. The number of aromatic nitrogens is 2. The van der Waals surface area contributed by atoms with Crippen molar-refractivity contribution in [1.29, 1.82) is 5.26 Å². The van der Waals surface area contributed by atoms with Gasteiger partial charge in [0, 0.05) is 24.2 Å². The summed E-state index contributed by atoms with van der Waals surface area (Å²) in [7, 11) is 1.93. The van der Waals surface area contributed by atoms with Gasteiger partial charge in [-0.3, -0.25) is 4.79 Å². The van der Waals surface area contributed by atoms with Crippen LogP contribution in [0.2, 0.25) is 0 Å². The molecule has 0 fully saturated rings. The summed E-state index contributed by atoms with van der Waals surface area (Å²) in [4.78, 5) is 16.7. The van der Waals surface area contributed by atoms with Crippen LogP contribution in [0, 0.1) is 18.3 Å². The molecular weight excluding hydrogens is 276 g/mol. The third-order valence-electron chi connectivity index (χ3n) is 3.67. The standard InChI is InChI=1S/C17H14N4O/c1-11-14-6-7-21(2)16(14)19-10-15(11)20-17(22)13-5-3-4-12(8-13)9-18/h3-8,10H,1-2H3,(H,20,22). The zero-order valence-electron chi connectivity index (χ0n) is 12.3. The molecule has 1 amide bonds. The van der Waals surface area contributed by atoms with E-state index >= 15 is 0 Å².